The standard InChI is InChI=1S/C25H32N2O3/c1-4-5-8-20-11-13-21(14-12-20)15-24(28)26-23-10-7-6-9-22(23)25(29)27-16-18(2)30-19(3)17-27/h6-7,9-14,18-19H,4-5,8,15-17H2,1-3H3,(H,26,28)/t18-,19+. The van der Waals surface area contributed by atoms with Gasteiger partial charge in [-0.1, -0.05) is 49.7 Å². The molecule has 5 nitrogen and oxygen atoms in total. The van der Waals surface area contributed by atoms with Crippen molar-refractivity contribution in [3.05, 3.63) is 65.2 Å². The monoisotopic (exact) mass is 408 g/mol. The number of carbonyl (C=O) groups is 2. The van der Waals surface area contributed by atoms with Crippen LogP contribution in [0.3, 0.4) is 0 Å². The second-order valence-corrected chi connectivity index (χ2v) is 8.16. The van der Waals surface area contributed by atoms with Crippen LogP contribution in [0.4, 0.5) is 5.69 Å². The highest BCUT2D eigenvalue weighted by molar-refractivity contribution is 6.04. The van der Waals surface area contributed by atoms with Crippen LogP contribution >= 0.6 is 0 Å². The summed E-state index contributed by atoms with van der Waals surface area (Å²) in [5.41, 5.74) is 3.33. The zero-order valence-electron chi connectivity index (χ0n) is 18.2. The number of anilines is 1. The van der Waals surface area contributed by atoms with Gasteiger partial charge in [-0.2, -0.15) is 0 Å². The van der Waals surface area contributed by atoms with Crippen molar-refractivity contribution >= 4 is 17.5 Å². The van der Waals surface area contributed by atoms with Gasteiger partial charge in [0, 0.05) is 13.1 Å². The summed E-state index contributed by atoms with van der Waals surface area (Å²) in [6.07, 6.45) is 3.69. The molecule has 160 valence electrons. The zero-order valence-corrected chi connectivity index (χ0v) is 18.2. The first-order valence-corrected chi connectivity index (χ1v) is 10.9. The van der Waals surface area contributed by atoms with E-state index in [1.54, 1.807) is 17.0 Å². The topological polar surface area (TPSA) is 58.6 Å². The molecule has 0 aliphatic carbocycles. The number of hydrogen-bond donors (Lipinski definition) is 1. The van der Waals surface area contributed by atoms with Crippen molar-refractivity contribution in [2.75, 3.05) is 18.4 Å². The fraction of sp³-hybridized carbons (Fsp3) is 0.440. The van der Waals surface area contributed by atoms with E-state index in [1.807, 2.05) is 38.1 Å². The quantitative estimate of drug-likeness (QED) is 0.736. The van der Waals surface area contributed by atoms with Gasteiger partial charge in [0.15, 0.2) is 0 Å². The number of benzene rings is 2. The van der Waals surface area contributed by atoms with Gasteiger partial charge >= 0.3 is 0 Å². The lowest BCUT2D eigenvalue weighted by molar-refractivity contribution is -0.115. The van der Waals surface area contributed by atoms with Gasteiger partial charge in [-0.3, -0.25) is 9.59 Å². The molecule has 2 amide bonds. The second-order valence-electron chi connectivity index (χ2n) is 8.16. The smallest absolute Gasteiger partial charge is 0.256 e. The van der Waals surface area contributed by atoms with Crippen LogP contribution in [0.5, 0.6) is 0 Å². The predicted molar refractivity (Wildman–Crippen MR) is 120 cm³/mol. The first-order chi connectivity index (χ1) is 14.5. The average Bonchev–Trinajstić information content (AvgIpc) is 2.72. The Hall–Kier alpha value is -2.66. The molecule has 0 radical (unpaired) electrons. The van der Waals surface area contributed by atoms with Gasteiger partial charge in [-0.25, -0.2) is 0 Å². The number of amides is 2. The minimum Gasteiger partial charge on any atom is -0.372 e. The molecule has 0 saturated carbocycles. The Morgan fingerprint density at radius 3 is 2.30 bits per heavy atom. The second kappa shape index (κ2) is 10.4. The highest BCUT2D eigenvalue weighted by Gasteiger charge is 2.28. The van der Waals surface area contributed by atoms with Crippen LogP contribution in [0.2, 0.25) is 0 Å². The molecule has 1 N–H and O–H groups in total. The molecule has 2 atom stereocenters. The molecular weight excluding hydrogens is 376 g/mol. The van der Waals surface area contributed by atoms with E-state index in [4.69, 9.17) is 4.74 Å². The lowest BCUT2D eigenvalue weighted by Gasteiger charge is -2.35. The van der Waals surface area contributed by atoms with Crippen molar-refractivity contribution in [3.63, 3.8) is 0 Å². The number of carbonyl (C=O) groups excluding carboxylic acids is 2. The van der Waals surface area contributed by atoms with Gasteiger partial charge in [0.1, 0.15) is 0 Å². The predicted octanol–water partition coefficient (Wildman–Crippen LogP) is 4.46. The van der Waals surface area contributed by atoms with E-state index >= 15 is 0 Å². The summed E-state index contributed by atoms with van der Waals surface area (Å²) in [5, 5.41) is 2.93. The van der Waals surface area contributed by atoms with E-state index in [2.05, 4.69) is 24.4 Å². The molecular formula is C25H32N2O3. The minimum atomic E-state index is -0.125. The van der Waals surface area contributed by atoms with E-state index < -0.39 is 0 Å². The van der Waals surface area contributed by atoms with Crippen molar-refractivity contribution in [1.29, 1.82) is 0 Å². The Kier molecular flexibility index (Phi) is 7.63. The SMILES string of the molecule is CCCCc1ccc(CC(=O)Nc2ccccc2C(=O)N2C[C@@H](C)O[C@@H](C)C2)cc1. The van der Waals surface area contributed by atoms with Crippen molar-refractivity contribution < 1.29 is 14.3 Å². The summed E-state index contributed by atoms with van der Waals surface area (Å²) >= 11 is 0. The number of ether oxygens (including phenoxy) is 1. The summed E-state index contributed by atoms with van der Waals surface area (Å²) in [5.74, 6) is -0.201. The third kappa shape index (κ3) is 5.92. The van der Waals surface area contributed by atoms with E-state index in [0.29, 0.717) is 24.3 Å². The van der Waals surface area contributed by atoms with Crippen LogP contribution in [0.15, 0.2) is 48.5 Å². The molecule has 0 unspecified atom stereocenters. The van der Waals surface area contributed by atoms with Gasteiger partial charge in [-0.15, -0.1) is 0 Å². The van der Waals surface area contributed by atoms with Crippen molar-refractivity contribution in [3.8, 4) is 0 Å². The van der Waals surface area contributed by atoms with Crippen molar-refractivity contribution in [2.45, 2.75) is 58.7 Å². The number of hydrogen-bond acceptors (Lipinski definition) is 3. The average molecular weight is 409 g/mol. The molecule has 2 aromatic rings. The fourth-order valence-electron chi connectivity index (χ4n) is 3.88. The number of nitrogens with one attached hydrogen (secondary N) is 1. The molecule has 3 rings (SSSR count). The van der Waals surface area contributed by atoms with Crippen LogP contribution in [0.1, 0.15) is 55.1 Å². The van der Waals surface area contributed by atoms with Gasteiger partial charge in [0.2, 0.25) is 5.91 Å². The Labute approximate surface area is 179 Å². The summed E-state index contributed by atoms with van der Waals surface area (Å²) in [6.45, 7) is 7.22. The molecule has 1 aliphatic rings. The largest absolute Gasteiger partial charge is 0.372 e. The Morgan fingerprint density at radius 2 is 1.63 bits per heavy atom. The number of morpholine rings is 1. The molecule has 30 heavy (non-hydrogen) atoms. The van der Waals surface area contributed by atoms with Gasteiger partial charge < -0.3 is 15.0 Å². The lowest BCUT2D eigenvalue weighted by Crippen LogP contribution is -2.48. The molecule has 1 saturated heterocycles. The molecule has 0 bridgehead atoms. The molecule has 0 aromatic heterocycles. The Morgan fingerprint density at radius 1 is 1.00 bits per heavy atom. The van der Waals surface area contributed by atoms with E-state index in [1.165, 1.54) is 18.4 Å². The zero-order chi connectivity index (χ0) is 21.5. The number of para-hydroxylation sites is 1. The summed E-state index contributed by atoms with van der Waals surface area (Å²) in [6, 6.07) is 15.4. The summed E-state index contributed by atoms with van der Waals surface area (Å²) in [7, 11) is 0. The maximum absolute atomic E-state index is 13.1. The highest BCUT2D eigenvalue weighted by atomic mass is 16.5. The van der Waals surface area contributed by atoms with Crippen LogP contribution < -0.4 is 5.32 Å². The molecule has 5 heteroatoms. The minimum absolute atomic E-state index is 0.000230. The van der Waals surface area contributed by atoms with Crippen molar-refractivity contribution in [2.24, 2.45) is 0 Å². The van der Waals surface area contributed by atoms with Crippen LogP contribution in [-0.2, 0) is 22.4 Å². The van der Waals surface area contributed by atoms with Crippen molar-refractivity contribution in [1.82, 2.24) is 4.90 Å². The van der Waals surface area contributed by atoms with E-state index in [-0.39, 0.29) is 30.4 Å². The first-order valence-electron chi connectivity index (χ1n) is 10.9. The molecule has 1 heterocycles. The Bertz CT molecular complexity index is 853. The maximum atomic E-state index is 13.1. The number of aryl methyl sites for hydroxylation is 1. The highest BCUT2D eigenvalue weighted by Crippen LogP contribution is 2.21. The lowest BCUT2D eigenvalue weighted by atomic mass is 10.0. The summed E-state index contributed by atoms with van der Waals surface area (Å²) < 4.78 is 5.73. The van der Waals surface area contributed by atoms with Crippen LogP contribution in [0, 0.1) is 0 Å². The normalized spacial score (nSPS) is 18.8. The van der Waals surface area contributed by atoms with Crippen LogP contribution in [-0.4, -0.2) is 42.0 Å². The van der Waals surface area contributed by atoms with Crippen LogP contribution in [0.25, 0.3) is 0 Å². The molecule has 0 spiro atoms. The van der Waals surface area contributed by atoms with Gasteiger partial charge in [0.05, 0.1) is 29.9 Å². The molecule has 2 aromatic carbocycles. The number of unbranched alkanes of at least 4 members (excludes halogenated alkanes) is 1. The molecule has 1 aliphatic heterocycles. The van der Waals surface area contributed by atoms with E-state index in [9.17, 15) is 9.59 Å². The number of rotatable bonds is 7. The third-order valence-corrected chi connectivity index (χ3v) is 5.35. The molecule has 1 fully saturated rings. The summed E-state index contributed by atoms with van der Waals surface area (Å²) in [4.78, 5) is 27.5. The maximum Gasteiger partial charge on any atom is 0.256 e. The first kappa shape index (κ1) is 22.0. The number of nitrogens with zero attached hydrogens (tertiary/aromatic N) is 1. The van der Waals surface area contributed by atoms with E-state index in [0.717, 1.165) is 12.0 Å². The third-order valence-electron chi connectivity index (χ3n) is 5.35. The van der Waals surface area contributed by atoms with Gasteiger partial charge in [-0.05, 0) is 49.9 Å². The Balaban J connectivity index is 1.65. The fourth-order valence-corrected chi connectivity index (χ4v) is 3.88. The van der Waals surface area contributed by atoms with Gasteiger partial charge in [0.25, 0.3) is 5.91 Å².